The molecule has 1 saturated heterocycles. The van der Waals surface area contributed by atoms with Gasteiger partial charge in [0.2, 0.25) is 26.0 Å². The van der Waals surface area contributed by atoms with Crippen molar-refractivity contribution in [3.05, 3.63) is 18.2 Å². The molecule has 1 aliphatic rings. The molecule has 0 unspecified atom stereocenters. The number of aromatic nitrogens is 1. The number of hydrogen-bond acceptors (Lipinski definition) is 7. The van der Waals surface area contributed by atoms with Gasteiger partial charge in [0.15, 0.2) is 5.13 Å². The predicted octanol–water partition coefficient (Wildman–Crippen LogP) is 0.911. The van der Waals surface area contributed by atoms with Gasteiger partial charge in [-0.05, 0) is 31.0 Å². The van der Waals surface area contributed by atoms with Crippen molar-refractivity contribution < 1.29 is 21.6 Å². The highest BCUT2D eigenvalue weighted by atomic mass is 32.2. The molecule has 2 heterocycles. The van der Waals surface area contributed by atoms with E-state index in [4.69, 9.17) is 0 Å². The number of nitrogens with one attached hydrogen (secondary N) is 1. The van der Waals surface area contributed by atoms with E-state index in [9.17, 15) is 21.6 Å². The van der Waals surface area contributed by atoms with Crippen molar-refractivity contribution >= 4 is 52.6 Å². The second-order valence-electron chi connectivity index (χ2n) is 6.33. The third-order valence-corrected chi connectivity index (χ3v) is 8.33. The summed E-state index contributed by atoms with van der Waals surface area (Å²) in [5.74, 6) is -0.521. The molecule has 0 aliphatic carbocycles. The smallest absolute Gasteiger partial charge is 0.243 e. The Kier molecular flexibility index (Phi) is 5.54. The van der Waals surface area contributed by atoms with Crippen molar-refractivity contribution in [2.24, 2.45) is 0 Å². The van der Waals surface area contributed by atoms with Crippen LogP contribution in [0.25, 0.3) is 10.2 Å². The summed E-state index contributed by atoms with van der Waals surface area (Å²) in [4.78, 5) is 16.5. The monoisotopic (exact) mass is 432 g/mol. The number of carbonyl (C=O) groups excluding carboxylic acids is 1. The molecule has 2 aromatic rings. The Hall–Kier alpha value is -1.60. The molecule has 1 fully saturated rings. The van der Waals surface area contributed by atoms with E-state index in [0.717, 1.165) is 34.7 Å². The number of hydrogen-bond donors (Lipinski definition) is 1. The molecule has 148 valence electrons. The Morgan fingerprint density at radius 1 is 1.26 bits per heavy atom. The third-order valence-electron chi connectivity index (χ3n) is 4.24. The molecule has 1 N–H and O–H groups in total. The number of benzene rings is 1. The maximum atomic E-state index is 12.7. The molecule has 0 saturated carbocycles. The number of likely N-dealkylation sites (N-methyl/N-ethyl adjacent to an activating group) is 1. The second-order valence-corrected chi connectivity index (χ2v) is 11.4. The first kappa shape index (κ1) is 20.1. The van der Waals surface area contributed by atoms with E-state index >= 15 is 0 Å². The van der Waals surface area contributed by atoms with Crippen LogP contribution < -0.4 is 5.32 Å². The molecular formula is C15H20N4O5S3. The van der Waals surface area contributed by atoms with E-state index in [-0.39, 0.29) is 16.6 Å². The van der Waals surface area contributed by atoms with Crippen LogP contribution in [0.15, 0.2) is 23.1 Å². The summed E-state index contributed by atoms with van der Waals surface area (Å²) >= 11 is 1.14. The molecule has 27 heavy (non-hydrogen) atoms. The fourth-order valence-electron chi connectivity index (χ4n) is 2.67. The fraction of sp³-hybridized carbons (Fsp3) is 0.467. The van der Waals surface area contributed by atoms with Gasteiger partial charge in [-0.3, -0.25) is 4.79 Å². The number of carbonyl (C=O) groups is 1. The Balaban J connectivity index is 1.79. The van der Waals surface area contributed by atoms with Crippen LogP contribution in [0.3, 0.4) is 0 Å². The van der Waals surface area contributed by atoms with Crippen molar-refractivity contribution in [1.82, 2.24) is 13.6 Å². The van der Waals surface area contributed by atoms with E-state index in [2.05, 4.69) is 10.3 Å². The molecule has 0 spiro atoms. The van der Waals surface area contributed by atoms with Gasteiger partial charge in [0.05, 0.1) is 27.9 Å². The zero-order valence-electron chi connectivity index (χ0n) is 14.9. The summed E-state index contributed by atoms with van der Waals surface area (Å²) in [6, 6.07) is 4.67. The number of fused-ring (bicyclic) bond motifs is 1. The summed E-state index contributed by atoms with van der Waals surface area (Å²) in [6.45, 7) is 0.722. The van der Waals surface area contributed by atoms with Crippen LogP contribution in [0.5, 0.6) is 0 Å². The standard InChI is InChI=1S/C15H20N4O5S3/c1-18(26(2,21)22)10-14(20)17-15-16-12-6-5-11(9-13(12)25-15)27(23,24)19-7-3-4-8-19/h5-6,9H,3-4,7-8,10H2,1-2H3,(H,16,17,20). The minimum absolute atomic E-state index is 0.204. The number of thiazole rings is 1. The van der Waals surface area contributed by atoms with E-state index in [1.807, 2.05) is 0 Å². The molecule has 1 aliphatic heterocycles. The van der Waals surface area contributed by atoms with Crippen LogP contribution in [-0.2, 0) is 24.8 Å². The molecule has 0 radical (unpaired) electrons. The lowest BCUT2D eigenvalue weighted by molar-refractivity contribution is -0.116. The number of sulfonamides is 2. The first-order valence-corrected chi connectivity index (χ1v) is 12.3. The van der Waals surface area contributed by atoms with Crippen molar-refractivity contribution in [3.63, 3.8) is 0 Å². The average molecular weight is 433 g/mol. The van der Waals surface area contributed by atoms with Gasteiger partial charge in [0, 0.05) is 20.1 Å². The molecule has 3 rings (SSSR count). The average Bonchev–Trinajstić information content (AvgIpc) is 3.22. The predicted molar refractivity (Wildman–Crippen MR) is 104 cm³/mol. The number of amides is 1. The minimum atomic E-state index is -3.52. The molecule has 0 bridgehead atoms. The van der Waals surface area contributed by atoms with Crippen molar-refractivity contribution in [3.8, 4) is 0 Å². The first-order valence-electron chi connectivity index (χ1n) is 8.19. The van der Waals surface area contributed by atoms with Crippen molar-refractivity contribution in [2.75, 3.05) is 38.3 Å². The Labute approximate surface area is 162 Å². The number of anilines is 1. The Morgan fingerprint density at radius 3 is 2.56 bits per heavy atom. The summed E-state index contributed by atoms with van der Waals surface area (Å²) in [6.07, 6.45) is 2.74. The first-order chi connectivity index (χ1) is 12.6. The number of nitrogens with zero attached hydrogens (tertiary/aromatic N) is 3. The van der Waals surface area contributed by atoms with Gasteiger partial charge in [0.1, 0.15) is 0 Å². The van der Waals surface area contributed by atoms with Crippen molar-refractivity contribution in [2.45, 2.75) is 17.7 Å². The highest BCUT2D eigenvalue weighted by Gasteiger charge is 2.27. The zero-order valence-corrected chi connectivity index (χ0v) is 17.3. The Bertz CT molecular complexity index is 1070. The van der Waals surface area contributed by atoms with Crippen molar-refractivity contribution in [1.29, 1.82) is 0 Å². The quantitative estimate of drug-likeness (QED) is 0.725. The van der Waals surface area contributed by atoms with E-state index in [0.29, 0.717) is 23.3 Å². The lowest BCUT2D eigenvalue weighted by Gasteiger charge is -2.15. The van der Waals surface area contributed by atoms with Gasteiger partial charge >= 0.3 is 0 Å². The van der Waals surface area contributed by atoms with Gasteiger partial charge in [-0.15, -0.1) is 0 Å². The summed E-state index contributed by atoms with van der Waals surface area (Å²) in [5.41, 5.74) is 0.562. The molecule has 9 nitrogen and oxygen atoms in total. The van der Waals surface area contributed by atoms with E-state index < -0.39 is 26.0 Å². The van der Waals surface area contributed by atoms with E-state index in [1.54, 1.807) is 12.1 Å². The molecule has 1 aromatic heterocycles. The topological polar surface area (TPSA) is 117 Å². The van der Waals surface area contributed by atoms with E-state index in [1.165, 1.54) is 17.4 Å². The summed E-state index contributed by atoms with van der Waals surface area (Å²) in [5, 5.41) is 2.83. The summed E-state index contributed by atoms with van der Waals surface area (Å²) in [7, 11) is -5.68. The van der Waals surface area contributed by atoms with Crippen LogP contribution in [0.4, 0.5) is 5.13 Å². The van der Waals surface area contributed by atoms with Crippen LogP contribution >= 0.6 is 11.3 Å². The highest BCUT2D eigenvalue weighted by Crippen LogP contribution is 2.30. The SMILES string of the molecule is CN(CC(=O)Nc1nc2ccc(S(=O)(=O)N3CCCC3)cc2s1)S(C)(=O)=O. The van der Waals surface area contributed by atoms with Gasteiger partial charge in [-0.2, -0.15) is 8.61 Å². The molecule has 1 amide bonds. The maximum Gasteiger partial charge on any atom is 0.243 e. The largest absolute Gasteiger partial charge is 0.301 e. The molecule has 1 aromatic carbocycles. The number of rotatable bonds is 6. The molecule has 12 heteroatoms. The molecular weight excluding hydrogens is 412 g/mol. The minimum Gasteiger partial charge on any atom is -0.301 e. The maximum absolute atomic E-state index is 12.7. The lowest BCUT2D eigenvalue weighted by Crippen LogP contribution is -2.34. The third kappa shape index (κ3) is 4.46. The lowest BCUT2D eigenvalue weighted by atomic mass is 10.3. The van der Waals surface area contributed by atoms with Crippen LogP contribution in [0.1, 0.15) is 12.8 Å². The van der Waals surface area contributed by atoms with Crippen LogP contribution in [0, 0.1) is 0 Å². The van der Waals surface area contributed by atoms with Gasteiger partial charge < -0.3 is 5.32 Å². The summed E-state index contributed by atoms with van der Waals surface area (Å²) < 4.78 is 51.1. The van der Waals surface area contributed by atoms with Crippen LogP contribution in [-0.4, -0.2) is 69.3 Å². The fourth-order valence-corrected chi connectivity index (χ4v) is 5.57. The molecule has 0 atom stereocenters. The van der Waals surface area contributed by atoms with Gasteiger partial charge in [-0.25, -0.2) is 21.8 Å². The highest BCUT2D eigenvalue weighted by molar-refractivity contribution is 7.89. The Morgan fingerprint density at radius 2 is 1.93 bits per heavy atom. The second kappa shape index (κ2) is 7.43. The zero-order chi connectivity index (χ0) is 19.8. The van der Waals surface area contributed by atoms with Crippen LogP contribution in [0.2, 0.25) is 0 Å². The van der Waals surface area contributed by atoms with Gasteiger partial charge in [0.25, 0.3) is 0 Å². The van der Waals surface area contributed by atoms with Gasteiger partial charge in [-0.1, -0.05) is 11.3 Å². The normalized spacial score (nSPS) is 16.3.